The highest BCUT2D eigenvalue weighted by atomic mass is 32.2. The van der Waals surface area contributed by atoms with Crippen molar-refractivity contribution >= 4 is 21.6 Å². The number of anilines is 1. The van der Waals surface area contributed by atoms with Crippen molar-refractivity contribution in [2.75, 3.05) is 5.32 Å². The average molecular weight is 405 g/mol. The Hall–Kier alpha value is -2.25. The Morgan fingerprint density at radius 3 is 2.29 bits per heavy atom. The van der Waals surface area contributed by atoms with E-state index in [2.05, 4.69) is 10.0 Å². The summed E-state index contributed by atoms with van der Waals surface area (Å²) in [5.74, 6) is -1.45. The molecule has 0 bridgehead atoms. The van der Waals surface area contributed by atoms with Crippen LogP contribution in [0.2, 0.25) is 0 Å². The van der Waals surface area contributed by atoms with E-state index in [1.54, 1.807) is 12.1 Å². The molecule has 0 atom stereocenters. The molecule has 0 aliphatic heterocycles. The molecule has 1 aliphatic rings. The summed E-state index contributed by atoms with van der Waals surface area (Å²) in [5.41, 5.74) is 1.24. The van der Waals surface area contributed by atoms with Crippen LogP contribution in [0.5, 0.6) is 0 Å². The van der Waals surface area contributed by atoms with Gasteiger partial charge in [0.05, 0.1) is 10.5 Å². The molecule has 150 valence electrons. The maximum absolute atomic E-state index is 14.2. The van der Waals surface area contributed by atoms with Gasteiger partial charge in [0.15, 0.2) is 0 Å². The SMILES string of the molecule is Cc1ccc(NC(=O)c2cc(S(=O)(=O)NC3CCCCCC3)ccc2F)cc1. The van der Waals surface area contributed by atoms with Crippen LogP contribution in [0.25, 0.3) is 0 Å². The molecule has 0 heterocycles. The number of halogens is 1. The van der Waals surface area contributed by atoms with E-state index < -0.39 is 21.7 Å². The standard InChI is InChI=1S/C21H25FN2O3S/c1-15-8-10-16(11-9-15)23-21(25)19-14-18(12-13-20(19)22)28(26,27)24-17-6-4-2-3-5-7-17/h8-14,17,24H,2-7H2,1H3,(H,23,25). The van der Waals surface area contributed by atoms with Crippen LogP contribution in [-0.2, 0) is 10.0 Å². The van der Waals surface area contributed by atoms with Crippen molar-refractivity contribution in [1.29, 1.82) is 0 Å². The van der Waals surface area contributed by atoms with Crippen molar-refractivity contribution in [2.24, 2.45) is 0 Å². The summed E-state index contributed by atoms with van der Waals surface area (Å²) in [6.07, 6.45) is 5.78. The number of sulfonamides is 1. The number of aryl methyl sites for hydroxylation is 1. The van der Waals surface area contributed by atoms with Crippen LogP contribution in [0.1, 0.15) is 54.4 Å². The fourth-order valence-electron chi connectivity index (χ4n) is 3.37. The van der Waals surface area contributed by atoms with Gasteiger partial charge in [-0.25, -0.2) is 17.5 Å². The van der Waals surface area contributed by atoms with Gasteiger partial charge in [0.25, 0.3) is 5.91 Å². The molecule has 3 rings (SSSR count). The molecule has 1 aliphatic carbocycles. The van der Waals surface area contributed by atoms with Crippen LogP contribution in [-0.4, -0.2) is 20.4 Å². The maximum Gasteiger partial charge on any atom is 0.258 e. The van der Waals surface area contributed by atoms with E-state index >= 15 is 0 Å². The number of nitrogens with one attached hydrogen (secondary N) is 2. The summed E-state index contributed by atoms with van der Waals surface area (Å²) in [7, 11) is -3.82. The lowest BCUT2D eigenvalue weighted by molar-refractivity contribution is 0.102. The van der Waals surface area contributed by atoms with Crippen LogP contribution >= 0.6 is 0 Å². The fourth-order valence-corrected chi connectivity index (χ4v) is 4.70. The van der Waals surface area contributed by atoms with Gasteiger partial charge in [0.2, 0.25) is 10.0 Å². The first kappa shape index (κ1) is 20.5. The summed E-state index contributed by atoms with van der Waals surface area (Å²) in [5, 5.41) is 2.60. The Morgan fingerprint density at radius 1 is 1.00 bits per heavy atom. The van der Waals surface area contributed by atoms with E-state index in [1.807, 2.05) is 19.1 Å². The molecule has 0 saturated heterocycles. The second-order valence-corrected chi connectivity index (χ2v) is 8.99. The molecule has 0 spiro atoms. The van der Waals surface area contributed by atoms with E-state index in [-0.39, 0.29) is 16.5 Å². The second kappa shape index (κ2) is 8.84. The number of benzene rings is 2. The molecular formula is C21H25FN2O3S. The zero-order chi connectivity index (χ0) is 20.1. The first-order valence-electron chi connectivity index (χ1n) is 9.55. The van der Waals surface area contributed by atoms with Gasteiger partial charge in [0, 0.05) is 11.7 Å². The maximum atomic E-state index is 14.2. The molecule has 0 aromatic heterocycles. The molecule has 0 radical (unpaired) electrons. The van der Waals surface area contributed by atoms with Crippen LogP contribution in [0.3, 0.4) is 0 Å². The molecule has 2 aromatic rings. The van der Waals surface area contributed by atoms with Crippen LogP contribution < -0.4 is 10.0 Å². The minimum Gasteiger partial charge on any atom is -0.322 e. The summed E-state index contributed by atoms with van der Waals surface area (Å²) >= 11 is 0. The summed E-state index contributed by atoms with van der Waals surface area (Å²) < 4.78 is 42.4. The van der Waals surface area contributed by atoms with E-state index in [0.717, 1.165) is 56.2 Å². The Balaban J connectivity index is 1.79. The average Bonchev–Trinajstić information content (AvgIpc) is 2.92. The predicted molar refractivity (Wildman–Crippen MR) is 107 cm³/mol. The monoisotopic (exact) mass is 404 g/mol. The highest BCUT2D eigenvalue weighted by Crippen LogP contribution is 2.21. The normalized spacial score (nSPS) is 15.8. The van der Waals surface area contributed by atoms with Crippen molar-refractivity contribution in [3.05, 3.63) is 59.4 Å². The van der Waals surface area contributed by atoms with Gasteiger partial charge in [-0.1, -0.05) is 43.4 Å². The zero-order valence-electron chi connectivity index (χ0n) is 15.9. The van der Waals surface area contributed by atoms with Gasteiger partial charge in [-0.15, -0.1) is 0 Å². The van der Waals surface area contributed by atoms with Crippen molar-refractivity contribution in [3.8, 4) is 0 Å². The first-order valence-corrected chi connectivity index (χ1v) is 11.0. The molecule has 2 N–H and O–H groups in total. The lowest BCUT2D eigenvalue weighted by Crippen LogP contribution is -2.34. The Bertz CT molecular complexity index is 935. The van der Waals surface area contributed by atoms with Crippen molar-refractivity contribution in [3.63, 3.8) is 0 Å². The molecule has 7 heteroatoms. The van der Waals surface area contributed by atoms with E-state index in [9.17, 15) is 17.6 Å². The van der Waals surface area contributed by atoms with Gasteiger partial charge in [-0.2, -0.15) is 0 Å². The van der Waals surface area contributed by atoms with E-state index in [1.165, 1.54) is 6.07 Å². The van der Waals surface area contributed by atoms with Crippen molar-refractivity contribution < 1.29 is 17.6 Å². The number of rotatable bonds is 5. The highest BCUT2D eigenvalue weighted by Gasteiger charge is 2.23. The Morgan fingerprint density at radius 2 is 1.64 bits per heavy atom. The third-order valence-corrected chi connectivity index (χ3v) is 6.50. The number of hydrogen-bond acceptors (Lipinski definition) is 3. The topological polar surface area (TPSA) is 75.3 Å². The Labute approximate surface area is 165 Å². The van der Waals surface area contributed by atoms with Gasteiger partial charge in [-0.05, 0) is 50.1 Å². The highest BCUT2D eigenvalue weighted by molar-refractivity contribution is 7.89. The molecule has 2 aromatic carbocycles. The number of carbonyl (C=O) groups excluding carboxylic acids is 1. The lowest BCUT2D eigenvalue weighted by Gasteiger charge is -2.17. The minimum absolute atomic E-state index is 0.104. The number of carbonyl (C=O) groups is 1. The van der Waals surface area contributed by atoms with Crippen LogP contribution in [0.15, 0.2) is 47.4 Å². The van der Waals surface area contributed by atoms with Crippen LogP contribution in [0, 0.1) is 12.7 Å². The predicted octanol–water partition coefficient (Wildman–Crippen LogP) is 4.39. The second-order valence-electron chi connectivity index (χ2n) is 7.27. The molecule has 0 unspecified atom stereocenters. The molecule has 1 amide bonds. The third kappa shape index (κ3) is 5.17. The minimum atomic E-state index is -3.82. The van der Waals surface area contributed by atoms with Gasteiger partial charge in [-0.3, -0.25) is 4.79 Å². The molecular weight excluding hydrogens is 379 g/mol. The first-order chi connectivity index (χ1) is 13.3. The van der Waals surface area contributed by atoms with Crippen molar-refractivity contribution in [1.82, 2.24) is 4.72 Å². The third-order valence-electron chi connectivity index (χ3n) is 4.98. The zero-order valence-corrected chi connectivity index (χ0v) is 16.7. The quantitative estimate of drug-likeness (QED) is 0.726. The summed E-state index contributed by atoms with van der Waals surface area (Å²) in [6.45, 7) is 1.92. The van der Waals surface area contributed by atoms with Crippen LogP contribution in [0.4, 0.5) is 10.1 Å². The largest absolute Gasteiger partial charge is 0.322 e. The Kier molecular flexibility index (Phi) is 6.46. The van der Waals surface area contributed by atoms with Gasteiger partial charge < -0.3 is 5.32 Å². The summed E-state index contributed by atoms with van der Waals surface area (Å²) in [6, 6.07) is 10.2. The molecule has 5 nitrogen and oxygen atoms in total. The molecule has 1 fully saturated rings. The van der Waals surface area contributed by atoms with E-state index in [0.29, 0.717) is 5.69 Å². The van der Waals surface area contributed by atoms with Crippen molar-refractivity contribution in [2.45, 2.75) is 56.4 Å². The molecule has 28 heavy (non-hydrogen) atoms. The van der Waals surface area contributed by atoms with Gasteiger partial charge >= 0.3 is 0 Å². The number of amides is 1. The van der Waals surface area contributed by atoms with E-state index in [4.69, 9.17) is 0 Å². The molecule has 1 saturated carbocycles. The smallest absolute Gasteiger partial charge is 0.258 e. The number of hydrogen-bond donors (Lipinski definition) is 2. The lowest BCUT2D eigenvalue weighted by atomic mass is 10.1. The fraction of sp³-hybridized carbons (Fsp3) is 0.381. The summed E-state index contributed by atoms with van der Waals surface area (Å²) in [4.78, 5) is 12.4. The van der Waals surface area contributed by atoms with Gasteiger partial charge in [0.1, 0.15) is 5.82 Å².